The zero-order chi connectivity index (χ0) is 12.8. The maximum atomic E-state index is 11.3. The van der Waals surface area contributed by atoms with Gasteiger partial charge in [0.2, 0.25) is 0 Å². The number of piperidine rings is 1. The van der Waals surface area contributed by atoms with Crippen molar-refractivity contribution in [3.05, 3.63) is 29.8 Å². The SMILES string of the molecule is Nc1ccccc1CCC(C=O)C1CCNCC1. The third kappa shape index (κ3) is 3.33. The first-order valence-electron chi connectivity index (χ1n) is 6.80. The van der Waals surface area contributed by atoms with Gasteiger partial charge in [0.05, 0.1) is 0 Å². The van der Waals surface area contributed by atoms with E-state index in [2.05, 4.69) is 11.4 Å². The summed E-state index contributed by atoms with van der Waals surface area (Å²) in [6, 6.07) is 7.93. The first-order chi connectivity index (χ1) is 8.81. The fraction of sp³-hybridized carbons (Fsp3) is 0.533. The number of para-hydroxylation sites is 1. The number of anilines is 1. The molecule has 0 bridgehead atoms. The first-order valence-corrected chi connectivity index (χ1v) is 6.80. The van der Waals surface area contributed by atoms with E-state index in [4.69, 9.17) is 5.73 Å². The molecular formula is C15H22N2O. The van der Waals surface area contributed by atoms with Crippen LogP contribution in [-0.2, 0) is 11.2 Å². The van der Waals surface area contributed by atoms with Crippen molar-refractivity contribution in [3.8, 4) is 0 Å². The van der Waals surface area contributed by atoms with Gasteiger partial charge in [-0.25, -0.2) is 0 Å². The topological polar surface area (TPSA) is 55.1 Å². The quantitative estimate of drug-likeness (QED) is 0.617. The lowest BCUT2D eigenvalue weighted by Gasteiger charge is -2.27. The van der Waals surface area contributed by atoms with Crippen LogP contribution in [0.5, 0.6) is 0 Å². The molecule has 0 aliphatic carbocycles. The number of hydrogen-bond acceptors (Lipinski definition) is 3. The molecule has 0 aromatic heterocycles. The fourth-order valence-corrected chi connectivity index (χ4v) is 2.77. The van der Waals surface area contributed by atoms with Gasteiger partial charge in [0.25, 0.3) is 0 Å². The third-order valence-corrected chi connectivity index (χ3v) is 3.97. The second-order valence-corrected chi connectivity index (χ2v) is 5.12. The van der Waals surface area contributed by atoms with Gasteiger partial charge in [-0.1, -0.05) is 18.2 Å². The minimum Gasteiger partial charge on any atom is -0.399 e. The molecule has 1 aliphatic heterocycles. The lowest BCUT2D eigenvalue weighted by molar-refractivity contribution is -0.113. The van der Waals surface area contributed by atoms with Crippen LogP contribution in [0.25, 0.3) is 0 Å². The molecule has 3 heteroatoms. The van der Waals surface area contributed by atoms with E-state index in [1.807, 2.05) is 18.2 Å². The predicted octanol–water partition coefficient (Wildman–Crippen LogP) is 2.02. The van der Waals surface area contributed by atoms with Gasteiger partial charge in [-0.2, -0.15) is 0 Å². The van der Waals surface area contributed by atoms with Gasteiger partial charge in [0, 0.05) is 11.6 Å². The third-order valence-electron chi connectivity index (χ3n) is 3.97. The molecule has 98 valence electrons. The number of carbonyl (C=O) groups is 1. The molecule has 3 nitrogen and oxygen atoms in total. The monoisotopic (exact) mass is 246 g/mol. The first kappa shape index (κ1) is 13.1. The zero-order valence-corrected chi connectivity index (χ0v) is 10.8. The normalized spacial score (nSPS) is 18.4. The number of nitrogens with two attached hydrogens (primary N) is 1. The Labute approximate surface area is 109 Å². The van der Waals surface area contributed by atoms with Crippen molar-refractivity contribution < 1.29 is 4.79 Å². The predicted molar refractivity (Wildman–Crippen MR) is 74.3 cm³/mol. The highest BCUT2D eigenvalue weighted by molar-refractivity contribution is 5.54. The van der Waals surface area contributed by atoms with Gasteiger partial charge in [-0.05, 0) is 56.3 Å². The highest BCUT2D eigenvalue weighted by Gasteiger charge is 2.22. The Morgan fingerprint density at radius 2 is 2.06 bits per heavy atom. The van der Waals surface area contributed by atoms with Gasteiger partial charge < -0.3 is 15.8 Å². The van der Waals surface area contributed by atoms with E-state index in [0.717, 1.165) is 50.7 Å². The van der Waals surface area contributed by atoms with Crippen LogP contribution in [0.3, 0.4) is 0 Å². The Balaban J connectivity index is 1.90. The summed E-state index contributed by atoms with van der Waals surface area (Å²) in [5.74, 6) is 0.736. The van der Waals surface area contributed by atoms with Gasteiger partial charge in [-0.15, -0.1) is 0 Å². The molecule has 0 saturated carbocycles. The molecule has 2 rings (SSSR count). The van der Waals surface area contributed by atoms with Crippen molar-refractivity contribution in [1.29, 1.82) is 0 Å². The summed E-state index contributed by atoms with van der Waals surface area (Å²) in [5.41, 5.74) is 7.93. The van der Waals surface area contributed by atoms with Crippen LogP contribution < -0.4 is 11.1 Å². The molecular weight excluding hydrogens is 224 g/mol. The van der Waals surface area contributed by atoms with Gasteiger partial charge in [-0.3, -0.25) is 0 Å². The van der Waals surface area contributed by atoms with E-state index < -0.39 is 0 Å². The zero-order valence-electron chi connectivity index (χ0n) is 10.8. The van der Waals surface area contributed by atoms with E-state index in [-0.39, 0.29) is 5.92 Å². The molecule has 1 aromatic rings. The number of hydrogen-bond donors (Lipinski definition) is 2. The van der Waals surface area contributed by atoms with Crippen molar-refractivity contribution in [2.45, 2.75) is 25.7 Å². The smallest absolute Gasteiger partial charge is 0.123 e. The largest absolute Gasteiger partial charge is 0.399 e. The minimum absolute atomic E-state index is 0.187. The molecule has 1 heterocycles. The highest BCUT2D eigenvalue weighted by Crippen LogP contribution is 2.25. The number of aryl methyl sites for hydroxylation is 1. The molecule has 1 aromatic carbocycles. The van der Waals surface area contributed by atoms with Crippen LogP contribution in [0.15, 0.2) is 24.3 Å². The lowest BCUT2D eigenvalue weighted by atomic mass is 9.82. The van der Waals surface area contributed by atoms with Crippen molar-refractivity contribution in [1.82, 2.24) is 5.32 Å². The summed E-state index contributed by atoms with van der Waals surface area (Å²) in [5, 5.41) is 3.34. The van der Waals surface area contributed by atoms with Crippen molar-refractivity contribution >= 4 is 12.0 Å². The van der Waals surface area contributed by atoms with E-state index in [0.29, 0.717) is 5.92 Å². The van der Waals surface area contributed by atoms with Crippen LogP contribution in [0.4, 0.5) is 5.69 Å². The number of aldehydes is 1. The highest BCUT2D eigenvalue weighted by atomic mass is 16.1. The number of nitrogens with one attached hydrogen (secondary N) is 1. The molecule has 0 amide bonds. The molecule has 0 spiro atoms. The van der Waals surface area contributed by atoms with Crippen LogP contribution in [0, 0.1) is 11.8 Å². The molecule has 18 heavy (non-hydrogen) atoms. The van der Waals surface area contributed by atoms with Gasteiger partial charge >= 0.3 is 0 Å². The van der Waals surface area contributed by atoms with Crippen LogP contribution in [0.1, 0.15) is 24.8 Å². The Morgan fingerprint density at radius 1 is 1.33 bits per heavy atom. The fourth-order valence-electron chi connectivity index (χ4n) is 2.77. The average Bonchev–Trinajstić information content (AvgIpc) is 2.42. The standard InChI is InChI=1S/C15H22N2O/c16-15-4-2-1-3-13(15)5-6-14(11-18)12-7-9-17-10-8-12/h1-4,11-12,14,17H,5-10,16H2. The Hall–Kier alpha value is -1.35. The Kier molecular flexibility index (Phi) is 4.76. The Morgan fingerprint density at radius 3 is 2.72 bits per heavy atom. The number of benzene rings is 1. The maximum Gasteiger partial charge on any atom is 0.123 e. The van der Waals surface area contributed by atoms with Gasteiger partial charge in [0.15, 0.2) is 0 Å². The van der Waals surface area contributed by atoms with Crippen LogP contribution in [0.2, 0.25) is 0 Å². The van der Waals surface area contributed by atoms with E-state index in [9.17, 15) is 4.79 Å². The van der Waals surface area contributed by atoms with Crippen molar-refractivity contribution in [3.63, 3.8) is 0 Å². The summed E-state index contributed by atoms with van der Waals surface area (Å²) >= 11 is 0. The number of rotatable bonds is 5. The second kappa shape index (κ2) is 6.55. The van der Waals surface area contributed by atoms with Gasteiger partial charge in [0.1, 0.15) is 6.29 Å². The molecule has 1 aliphatic rings. The molecule has 1 fully saturated rings. The average molecular weight is 246 g/mol. The molecule has 0 radical (unpaired) electrons. The summed E-state index contributed by atoms with van der Waals surface area (Å²) < 4.78 is 0. The van der Waals surface area contributed by atoms with E-state index >= 15 is 0 Å². The lowest BCUT2D eigenvalue weighted by Crippen LogP contribution is -2.32. The molecule has 1 saturated heterocycles. The number of nitrogen functional groups attached to an aromatic ring is 1. The van der Waals surface area contributed by atoms with Crippen LogP contribution in [-0.4, -0.2) is 19.4 Å². The summed E-state index contributed by atoms with van der Waals surface area (Å²) in [6.45, 7) is 2.09. The Bertz CT molecular complexity index is 386. The summed E-state index contributed by atoms with van der Waals surface area (Å²) in [7, 11) is 0. The van der Waals surface area contributed by atoms with Crippen molar-refractivity contribution in [2.75, 3.05) is 18.8 Å². The molecule has 1 atom stereocenters. The molecule has 3 N–H and O–H groups in total. The minimum atomic E-state index is 0.187. The summed E-state index contributed by atoms with van der Waals surface area (Å²) in [4.78, 5) is 11.3. The van der Waals surface area contributed by atoms with Crippen molar-refractivity contribution in [2.24, 2.45) is 11.8 Å². The van der Waals surface area contributed by atoms with E-state index in [1.54, 1.807) is 0 Å². The van der Waals surface area contributed by atoms with Crippen LogP contribution >= 0.6 is 0 Å². The molecule has 1 unspecified atom stereocenters. The summed E-state index contributed by atoms with van der Waals surface area (Å²) in [6.07, 6.45) is 5.21. The maximum absolute atomic E-state index is 11.3. The van der Waals surface area contributed by atoms with E-state index in [1.165, 1.54) is 5.56 Å². The number of carbonyl (C=O) groups excluding carboxylic acids is 1. The second-order valence-electron chi connectivity index (χ2n) is 5.12.